The minimum atomic E-state index is -0.752. The lowest BCUT2D eigenvalue weighted by Crippen LogP contribution is -2.53. The molecule has 218 valence electrons. The summed E-state index contributed by atoms with van der Waals surface area (Å²) in [6.07, 6.45) is 5.07. The number of benzene rings is 1. The summed E-state index contributed by atoms with van der Waals surface area (Å²) in [7, 11) is 0. The molecule has 3 amide bonds. The standard InChI is InChI=1S/C30H44N6O4/c1-19(2)17-23(33-28(38)21-7-9-22(10-8-21)34-15-12-32-13-16-34)29(39)35-14-11-24-27(35)25(37)18-36(24)30(40)26(31)20-5-3-4-6-20/h7-10,19-20,23-24,26-27,32H,3-6,11-18,31H2,1-2H3,(H,33,38). The average Bonchev–Trinajstić information content (AvgIpc) is 3.71. The Morgan fingerprint density at radius 1 is 0.975 bits per heavy atom. The van der Waals surface area contributed by atoms with E-state index in [1.54, 1.807) is 21.9 Å². The van der Waals surface area contributed by atoms with Gasteiger partial charge in [0.1, 0.15) is 12.1 Å². The molecule has 1 aliphatic carbocycles. The van der Waals surface area contributed by atoms with Crippen LogP contribution in [0.4, 0.5) is 5.69 Å². The second-order valence-electron chi connectivity index (χ2n) is 12.3. The van der Waals surface area contributed by atoms with Crippen molar-refractivity contribution in [3.05, 3.63) is 29.8 Å². The molecule has 3 saturated heterocycles. The van der Waals surface area contributed by atoms with Crippen molar-refractivity contribution in [1.29, 1.82) is 0 Å². The number of nitrogens with two attached hydrogens (primary N) is 1. The third-order valence-corrected chi connectivity index (χ3v) is 9.10. The van der Waals surface area contributed by atoms with E-state index in [2.05, 4.69) is 15.5 Å². The van der Waals surface area contributed by atoms with E-state index in [-0.39, 0.29) is 47.9 Å². The van der Waals surface area contributed by atoms with Crippen molar-refractivity contribution in [3.63, 3.8) is 0 Å². The summed E-state index contributed by atoms with van der Waals surface area (Å²) in [5.74, 6) is -0.533. The number of fused-ring (bicyclic) bond motifs is 1. The van der Waals surface area contributed by atoms with Crippen LogP contribution in [0.3, 0.4) is 0 Å². The van der Waals surface area contributed by atoms with Crippen LogP contribution >= 0.6 is 0 Å². The summed E-state index contributed by atoms with van der Waals surface area (Å²) >= 11 is 0. The summed E-state index contributed by atoms with van der Waals surface area (Å²) in [6, 6.07) is 5.14. The van der Waals surface area contributed by atoms with Gasteiger partial charge in [-0.05, 0) is 61.8 Å². The molecule has 4 fully saturated rings. The van der Waals surface area contributed by atoms with Crippen molar-refractivity contribution in [1.82, 2.24) is 20.4 Å². The number of anilines is 1. The largest absolute Gasteiger partial charge is 0.369 e. The summed E-state index contributed by atoms with van der Waals surface area (Å²) in [5, 5.41) is 6.30. The fourth-order valence-electron chi connectivity index (χ4n) is 6.95. The van der Waals surface area contributed by atoms with E-state index >= 15 is 0 Å². The van der Waals surface area contributed by atoms with E-state index in [0.717, 1.165) is 57.5 Å². The third-order valence-electron chi connectivity index (χ3n) is 9.10. The number of piperazine rings is 1. The highest BCUT2D eigenvalue weighted by Crippen LogP contribution is 2.33. The lowest BCUT2D eigenvalue weighted by Gasteiger charge is -2.30. The number of carbonyl (C=O) groups is 4. The maximum absolute atomic E-state index is 13.8. The molecule has 5 rings (SSSR count). The lowest BCUT2D eigenvalue weighted by molar-refractivity contribution is -0.138. The zero-order chi connectivity index (χ0) is 28.4. The fraction of sp³-hybridized carbons (Fsp3) is 0.667. The van der Waals surface area contributed by atoms with E-state index in [9.17, 15) is 19.2 Å². The highest BCUT2D eigenvalue weighted by molar-refractivity contribution is 6.01. The topological polar surface area (TPSA) is 128 Å². The molecule has 3 heterocycles. The highest BCUT2D eigenvalue weighted by Gasteiger charge is 2.53. The van der Waals surface area contributed by atoms with Crippen LogP contribution in [-0.4, -0.2) is 96.7 Å². The van der Waals surface area contributed by atoms with Crippen LogP contribution in [0.1, 0.15) is 62.7 Å². The van der Waals surface area contributed by atoms with E-state index in [4.69, 9.17) is 5.73 Å². The van der Waals surface area contributed by atoms with Crippen LogP contribution in [0.2, 0.25) is 0 Å². The number of Topliss-reactive ketones (excluding diaryl/α,β-unsaturated/α-hetero) is 1. The van der Waals surface area contributed by atoms with Gasteiger partial charge in [0.25, 0.3) is 5.91 Å². The number of likely N-dealkylation sites (tertiary alicyclic amines) is 2. The number of hydrogen-bond acceptors (Lipinski definition) is 7. The van der Waals surface area contributed by atoms with Gasteiger partial charge in [0, 0.05) is 44.0 Å². The van der Waals surface area contributed by atoms with E-state index in [1.807, 2.05) is 26.0 Å². The summed E-state index contributed by atoms with van der Waals surface area (Å²) in [5.41, 5.74) is 7.92. The fourth-order valence-corrected chi connectivity index (χ4v) is 6.95. The first kappa shape index (κ1) is 28.5. The SMILES string of the molecule is CC(C)CC(NC(=O)c1ccc(N2CCNCC2)cc1)C(=O)N1CCC2C1C(=O)CN2C(=O)C(N)C1CCCC1. The van der Waals surface area contributed by atoms with E-state index in [0.29, 0.717) is 24.9 Å². The van der Waals surface area contributed by atoms with Crippen molar-refractivity contribution in [2.75, 3.05) is 44.2 Å². The molecule has 4 N–H and O–H groups in total. The van der Waals surface area contributed by atoms with Crippen molar-refractivity contribution in [2.24, 2.45) is 17.6 Å². The molecule has 0 aromatic heterocycles. The summed E-state index contributed by atoms with van der Waals surface area (Å²) < 4.78 is 0. The average molecular weight is 553 g/mol. The molecular formula is C30H44N6O4. The quantitative estimate of drug-likeness (QED) is 0.441. The molecule has 0 spiro atoms. The smallest absolute Gasteiger partial charge is 0.251 e. The maximum atomic E-state index is 13.8. The van der Waals surface area contributed by atoms with Crippen LogP contribution in [0.25, 0.3) is 0 Å². The predicted molar refractivity (Wildman–Crippen MR) is 153 cm³/mol. The number of rotatable bonds is 8. The van der Waals surface area contributed by atoms with Gasteiger partial charge in [-0.15, -0.1) is 0 Å². The Balaban J connectivity index is 1.25. The number of amides is 3. The maximum Gasteiger partial charge on any atom is 0.251 e. The molecule has 3 aliphatic heterocycles. The molecule has 1 aromatic carbocycles. The molecule has 4 atom stereocenters. The second kappa shape index (κ2) is 12.3. The van der Waals surface area contributed by atoms with Crippen molar-refractivity contribution in [2.45, 2.75) is 76.5 Å². The molecule has 1 aromatic rings. The lowest BCUT2D eigenvalue weighted by atomic mass is 9.97. The van der Waals surface area contributed by atoms with Gasteiger partial charge in [-0.1, -0.05) is 26.7 Å². The molecular weight excluding hydrogens is 508 g/mol. The molecule has 0 bridgehead atoms. The second-order valence-corrected chi connectivity index (χ2v) is 12.3. The van der Waals surface area contributed by atoms with Crippen LogP contribution < -0.4 is 21.3 Å². The van der Waals surface area contributed by atoms with Crippen LogP contribution in [0.5, 0.6) is 0 Å². The highest BCUT2D eigenvalue weighted by atomic mass is 16.2. The molecule has 0 radical (unpaired) electrons. The minimum Gasteiger partial charge on any atom is -0.369 e. The molecule has 10 nitrogen and oxygen atoms in total. The van der Waals surface area contributed by atoms with Gasteiger partial charge >= 0.3 is 0 Å². The van der Waals surface area contributed by atoms with Gasteiger partial charge in [0.05, 0.1) is 18.6 Å². The normalized spacial score (nSPS) is 24.9. The first-order chi connectivity index (χ1) is 19.2. The summed E-state index contributed by atoms with van der Waals surface area (Å²) in [4.78, 5) is 59.0. The number of ketones is 1. The third kappa shape index (κ3) is 5.88. The van der Waals surface area contributed by atoms with Gasteiger partial charge in [0.2, 0.25) is 11.8 Å². The monoisotopic (exact) mass is 552 g/mol. The Bertz CT molecular complexity index is 1100. The zero-order valence-corrected chi connectivity index (χ0v) is 23.8. The number of hydrogen-bond donors (Lipinski definition) is 3. The molecule has 1 saturated carbocycles. The van der Waals surface area contributed by atoms with Crippen molar-refractivity contribution < 1.29 is 19.2 Å². The Hall–Kier alpha value is -2.98. The van der Waals surface area contributed by atoms with Crippen LogP contribution in [0.15, 0.2) is 24.3 Å². The Morgan fingerprint density at radius 2 is 1.65 bits per heavy atom. The Kier molecular flexibility index (Phi) is 8.75. The molecule has 10 heteroatoms. The van der Waals surface area contributed by atoms with E-state index < -0.39 is 18.1 Å². The predicted octanol–water partition coefficient (Wildman–Crippen LogP) is 1.14. The van der Waals surface area contributed by atoms with Gasteiger partial charge in [-0.3, -0.25) is 19.2 Å². The molecule has 4 aliphatic rings. The van der Waals surface area contributed by atoms with Crippen LogP contribution in [0, 0.1) is 11.8 Å². The molecule has 40 heavy (non-hydrogen) atoms. The number of nitrogens with one attached hydrogen (secondary N) is 2. The summed E-state index contributed by atoms with van der Waals surface area (Å²) in [6.45, 7) is 8.10. The first-order valence-electron chi connectivity index (χ1n) is 15.0. The van der Waals surface area contributed by atoms with Gasteiger partial charge in [0.15, 0.2) is 5.78 Å². The number of carbonyl (C=O) groups excluding carboxylic acids is 4. The Morgan fingerprint density at radius 3 is 2.30 bits per heavy atom. The van der Waals surface area contributed by atoms with E-state index in [1.165, 1.54) is 0 Å². The van der Waals surface area contributed by atoms with Crippen molar-refractivity contribution >= 4 is 29.2 Å². The zero-order valence-electron chi connectivity index (χ0n) is 23.8. The molecule has 4 unspecified atom stereocenters. The van der Waals surface area contributed by atoms with Crippen molar-refractivity contribution in [3.8, 4) is 0 Å². The van der Waals surface area contributed by atoms with Gasteiger partial charge < -0.3 is 31.1 Å². The number of nitrogens with zero attached hydrogens (tertiary/aromatic N) is 3. The van der Waals surface area contributed by atoms with Gasteiger partial charge in [-0.25, -0.2) is 0 Å². The first-order valence-corrected chi connectivity index (χ1v) is 15.0. The van der Waals surface area contributed by atoms with Gasteiger partial charge in [-0.2, -0.15) is 0 Å². The van der Waals surface area contributed by atoms with Crippen LogP contribution in [-0.2, 0) is 14.4 Å². The Labute approximate surface area is 237 Å². The minimum absolute atomic E-state index is 0.000990.